The summed E-state index contributed by atoms with van der Waals surface area (Å²) in [7, 11) is 2.13. The topological polar surface area (TPSA) is 86.3 Å². The fourth-order valence-electron chi connectivity index (χ4n) is 4.28. The number of fused-ring (bicyclic) bond motifs is 1. The smallest absolute Gasteiger partial charge is 0.250 e. The van der Waals surface area contributed by atoms with Gasteiger partial charge in [-0.15, -0.1) is 0 Å². The van der Waals surface area contributed by atoms with Crippen LogP contribution in [0, 0.1) is 0 Å². The first-order valence-corrected chi connectivity index (χ1v) is 12.1. The lowest BCUT2D eigenvalue weighted by Gasteiger charge is -2.33. The molecule has 1 amide bonds. The molecule has 0 spiro atoms. The van der Waals surface area contributed by atoms with E-state index in [0.29, 0.717) is 11.6 Å². The minimum atomic E-state index is -0.552. The van der Waals surface area contributed by atoms with E-state index in [-0.39, 0.29) is 0 Å². The Bertz CT molecular complexity index is 1440. The van der Waals surface area contributed by atoms with Crippen molar-refractivity contribution in [3.63, 3.8) is 0 Å². The van der Waals surface area contributed by atoms with E-state index in [4.69, 9.17) is 4.98 Å². The van der Waals surface area contributed by atoms with Crippen LogP contribution >= 0.6 is 0 Å². The number of pyridine rings is 1. The highest BCUT2D eigenvalue weighted by atomic mass is 19.1. The van der Waals surface area contributed by atoms with E-state index in [1.165, 1.54) is 6.92 Å². The highest BCUT2D eigenvalue weighted by Gasteiger charge is 2.15. The molecule has 0 bridgehead atoms. The molecule has 2 aromatic heterocycles. The molecule has 4 aromatic rings. The van der Waals surface area contributed by atoms with Crippen LogP contribution in [-0.2, 0) is 4.79 Å². The third-order valence-corrected chi connectivity index (χ3v) is 6.21. The third-order valence-electron chi connectivity index (χ3n) is 6.21. The lowest BCUT2D eigenvalue weighted by atomic mass is 10.0. The SMILES string of the molecule is C/C(F)=C\C(=O)Nc1cccc(-c2cccc3cnc(Nc4ccc(N5CCN(C)CC5)nc4)nc23)c1. The number of amides is 1. The van der Waals surface area contributed by atoms with Crippen molar-refractivity contribution in [1.29, 1.82) is 0 Å². The summed E-state index contributed by atoms with van der Waals surface area (Å²) in [6.07, 6.45) is 4.50. The number of hydrogen-bond donors (Lipinski definition) is 2. The second-order valence-corrected chi connectivity index (χ2v) is 9.06. The largest absolute Gasteiger partial charge is 0.354 e. The summed E-state index contributed by atoms with van der Waals surface area (Å²) in [5.41, 5.74) is 3.89. The standard InChI is InChI=1S/C28H28FN7O/c1-19(29)15-26(37)32-22-7-3-5-20(16-22)24-8-4-6-21-17-31-28(34-27(21)24)33-23-9-10-25(30-18-23)36-13-11-35(2)12-14-36/h3-10,15-18H,11-14H2,1-2H3,(H,32,37)(H,31,33,34)/b19-15+. The van der Waals surface area contributed by atoms with Gasteiger partial charge in [0.25, 0.3) is 5.91 Å². The number of anilines is 4. The molecule has 5 rings (SSSR count). The molecule has 0 aliphatic carbocycles. The molecule has 0 unspecified atom stereocenters. The van der Waals surface area contributed by atoms with Crippen LogP contribution in [0.1, 0.15) is 6.92 Å². The van der Waals surface area contributed by atoms with Crippen molar-refractivity contribution in [3.8, 4) is 11.1 Å². The quantitative estimate of drug-likeness (QED) is 0.363. The predicted octanol–water partition coefficient (Wildman–Crippen LogP) is 5.00. The lowest BCUT2D eigenvalue weighted by molar-refractivity contribution is -0.112. The number of halogens is 1. The number of piperazine rings is 1. The number of para-hydroxylation sites is 1. The van der Waals surface area contributed by atoms with E-state index in [0.717, 1.165) is 65.8 Å². The summed E-state index contributed by atoms with van der Waals surface area (Å²) in [5, 5.41) is 6.84. The van der Waals surface area contributed by atoms with Gasteiger partial charge in [-0.25, -0.2) is 19.3 Å². The lowest BCUT2D eigenvalue weighted by Crippen LogP contribution is -2.44. The predicted molar refractivity (Wildman–Crippen MR) is 146 cm³/mol. The monoisotopic (exact) mass is 497 g/mol. The number of carbonyl (C=O) groups is 1. The minimum absolute atomic E-state index is 0.460. The van der Waals surface area contributed by atoms with Gasteiger partial charge in [-0.3, -0.25) is 4.79 Å². The van der Waals surface area contributed by atoms with Crippen molar-refractivity contribution in [3.05, 3.63) is 78.9 Å². The normalized spacial score (nSPS) is 14.6. The highest BCUT2D eigenvalue weighted by Crippen LogP contribution is 2.30. The summed E-state index contributed by atoms with van der Waals surface area (Å²) >= 11 is 0. The molecule has 2 N–H and O–H groups in total. The van der Waals surface area contributed by atoms with Crippen LogP contribution in [0.2, 0.25) is 0 Å². The summed E-state index contributed by atoms with van der Waals surface area (Å²) in [6, 6.07) is 17.2. The average Bonchev–Trinajstić information content (AvgIpc) is 2.89. The zero-order valence-electron chi connectivity index (χ0n) is 20.8. The van der Waals surface area contributed by atoms with Crippen molar-refractivity contribution in [1.82, 2.24) is 19.9 Å². The molecule has 188 valence electrons. The van der Waals surface area contributed by atoms with Crippen LogP contribution in [0.4, 0.5) is 27.5 Å². The molecule has 0 saturated carbocycles. The van der Waals surface area contributed by atoms with Gasteiger partial charge in [0.15, 0.2) is 0 Å². The van der Waals surface area contributed by atoms with Gasteiger partial charge in [0.1, 0.15) is 11.6 Å². The number of nitrogens with zero attached hydrogens (tertiary/aromatic N) is 5. The summed E-state index contributed by atoms with van der Waals surface area (Å²) in [4.78, 5) is 30.5. The number of benzene rings is 2. The second-order valence-electron chi connectivity index (χ2n) is 9.06. The maximum absolute atomic E-state index is 13.1. The Balaban J connectivity index is 1.38. The Morgan fingerprint density at radius 3 is 2.54 bits per heavy atom. The van der Waals surface area contributed by atoms with Gasteiger partial charge in [-0.05, 0) is 43.8 Å². The van der Waals surface area contributed by atoms with Crippen LogP contribution in [0.15, 0.2) is 78.9 Å². The zero-order chi connectivity index (χ0) is 25.8. The first-order valence-electron chi connectivity index (χ1n) is 12.1. The first-order chi connectivity index (χ1) is 17.9. The molecule has 8 nitrogen and oxygen atoms in total. The maximum Gasteiger partial charge on any atom is 0.250 e. The van der Waals surface area contributed by atoms with Crippen molar-refractivity contribution >= 4 is 40.0 Å². The van der Waals surface area contributed by atoms with Crippen LogP contribution in [0.25, 0.3) is 22.0 Å². The van der Waals surface area contributed by atoms with Crippen LogP contribution in [0.5, 0.6) is 0 Å². The van der Waals surface area contributed by atoms with Crippen LogP contribution < -0.4 is 15.5 Å². The Labute approximate surface area is 214 Å². The van der Waals surface area contributed by atoms with Gasteiger partial charge in [0.2, 0.25) is 5.95 Å². The molecule has 1 saturated heterocycles. The molecule has 3 heterocycles. The molecular formula is C28H28FN7O. The zero-order valence-corrected chi connectivity index (χ0v) is 20.8. The molecular weight excluding hydrogens is 469 g/mol. The molecule has 2 aromatic carbocycles. The number of allylic oxidation sites excluding steroid dienone is 1. The Morgan fingerprint density at radius 2 is 1.78 bits per heavy atom. The number of carbonyl (C=O) groups excluding carboxylic acids is 1. The number of hydrogen-bond acceptors (Lipinski definition) is 7. The Morgan fingerprint density at radius 1 is 0.973 bits per heavy atom. The van der Waals surface area contributed by atoms with E-state index >= 15 is 0 Å². The van der Waals surface area contributed by atoms with E-state index in [1.54, 1.807) is 18.5 Å². The molecule has 0 radical (unpaired) electrons. The first kappa shape index (κ1) is 24.3. The average molecular weight is 498 g/mol. The molecule has 1 aliphatic rings. The van der Waals surface area contributed by atoms with Crippen LogP contribution in [0.3, 0.4) is 0 Å². The van der Waals surface area contributed by atoms with E-state index in [2.05, 4.69) is 37.4 Å². The summed E-state index contributed by atoms with van der Waals surface area (Å²) < 4.78 is 13.1. The van der Waals surface area contributed by atoms with Crippen LogP contribution in [-0.4, -0.2) is 59.0 Å². The number of aromatic nitrogens is 3. The fourth-order valence-corrected chi connectivity index (χ4v) is 4.28. The number of rotatable bonds is 6. The van der Waals surface area contributed by atoms with Gasteiger partial charge >= 0.3 is 0 Å². The van der Waals surface area contributed by atoms with Gasteiger partial charge in [0.05, 0.1) is 17.4 Å². The van der Waals surface area contributed by atoms with E-state index in [1.807, 2.05) is 48.5 Å². The summed E-state index contributed by atoms with van der Waals surface area (Å²) in [6.45, 7) is 5.21. The van der Waals surface area contributed by atoms with Crippen molar-refractivity contribution in [2.75, 3.05) is 48.8 Å². The second kappa shape index (κ2) is 10.7. The van der Waals surface area contributed by atoms with Crippen molar-refractivity contribution < 1.29 is 9.18 Å². The summed E-state index contributed by atoms with van der Waals surface area (Å²) in [5.74, 6) is 0.353. The van der Waals surface area contributed by atoms with Crippen molar-refractivity contribution in [2.24, 2.45) is 0 Å². The maximum atomic E-state index is 13.1. The van der Waals surface area contributed by atoms with E-state index < -0.39 is 11.7 Å². The van der Waals surface area contributed by atoms with E-state index in [9.17, 15) is 9.18 Å². The number of likely N-dealkylation sites (N-methyl/N-ethyl adjacent to an activating group) is 1. The Hall–Kier alpha value is -4.37. The molecule has 1 fully saturated rings. The van der Waals surface area contributed by atoms with Gasteiger partial charge < -0.3 is 20.4 Å². The van der Waals surface area contributed by atoms with Crippen molar-refractivity contribution in [2.45, 2.75) is 6.92 Å². The molecule has 0 atom stereocenters. The van der Waals surface area contributed by atoms with Gasteiger partial charge in [0, 0.05) is 55.1 Å². The fraction of sp³-hybridized carbons (Fsp3) is 0.214. The Kier molecular flexibility index (Phi) is 7.04. The highest BCUT2D eigenvalue weighted by molar-refractivity contribution is 6.00. The molecule has 37 heavy (non-hydrogen) atoms. The minimum Gasteiger partial charge on any atom is -0.354 e. The molecule has 9 heteroatoms. The molecule has 1 aliphatic heterocycles. The third kappa shape index (κ3) is 5.90. The van der Waals surface area contributed by atoms with Gasteiger partial charge in [-0.2, -0.15) is 0 Å². The number of nitrogens with one attached hydrogen (secondary N) is 2. The van der Waals surface area contributed by atoms with Gasteiger partial charge in [-0.1, -0.05) is 30.3 Å².